The highest BCUT2D eigenvalue weighted by atomic mass is 35.5. The van der Waals surface area contributed by atoms with Gasteiger partial charge in [0, 0.05) is 34.5 Å². The van der Waals surface area contributed by atoms with Crippen molar-refractivity contribution in [3.8, 4) is 0 Å². The molecule has 0 saturated heterocycles. The molecule has 15 heavy (non-hydrogen) atoms. The minimum atomic E-state index is -0.811. The van der Waals surface area contributed by atoms with Gasteiger partial charge in [0.05, 0.1) is 10.7 Å². The highest BCUT2D eigenvalue weighted by Gasteiger charge is 2.06. The Morgan fingerprint density at radius 2 is 2.27 bits per heavy atom. The van der Waals surface area contributed by atoms with Crippen LogP contribution in [0.15, 0.2) is 18.2 Å². The van der Waals surface area contributed by atoms with Crippen molar-refractivity contribution >= 4 is 33.8 Å². The first-order valence-corrected chi connectivity index (χ1v) is 6.71. The number of benzene rings is 1. The molecule has 0 spiro atoms. The van der Waals surface area contributed by atoms with Crippen LogP contribution in [0.2, 0.25) is 5.02 Å². The first-order chi connectivity index (χ1) is 6.99. The average Bonchev–Trinajstić information content (AvgIpc) is 2.08. The van der Waals surface area contributed by atoms with E-state index >= 15 is 0 Å². The molecule has 1 rings (SSSR count). The van der Waals surface area contributed by atoms with Crippen molar-refractivity contribution in [2.45, 2.75) is 13.0 Å². The van der Waals surface area contributed by atoms with Crippen LogP contribution in [0.3, 0.4) is 0 Å². The van der Waals surface area contributed by atoms with Gasteiger partial charge in [-0.15, -0.1) is 0 Å². The molecule has 0 radical (unpaired) electrons. The third-order valence-corrected chi connectivity index (χ3v) is 3.16. The van der Waals surface area contributed by atoms with Crippen LogP contribution in [0, 0.1) is 0 Å². The van der Waals surface area contributed by atoms with Gasteiger partial charge in [0.15, 0.2) is 0 Å². The lowest BCUT2D eigenvalue weighted by molar-refractivity contribution is 0.683. The molecule has 0 aliphatic rings. The molecule has 0 bridgehead atoms. The average molecular weight is 247 g/mol. The van der Waals surface area contributed by atoms with Gasteiger partial charge in [0.1, 0.15) is 0 Å². The second kappa shape index (κ2) is 5.37. The Morgan fingerprint density at radius 3 is 2.80 bits per heavy atom. The summed E-state index contributed by atoms with van der Waals surface area (Å²) >= 11 is 5.99. The second-order valence-electron chi connectivity index (χ2n) is 3.52. The molecular formula is C10H15ClN2OS. The van der Waals surface area contributed by atoms with Crippen LogP contribution < -0.4 is 11.1 Å². The van der Waals surface area contributed by atoms with Crippen LogP contribution in [-0.4, -0.2) is 22.3 Å². The van der Waals surface area contributed by atoms with Crippen molar-refractivity contribution in [1.82, 2.24) is 0 Å². The molecule has 5 heteroatoms. The lowest BCUT2D eigenvalue weighted by Crippen LogP contribution is -2.22. The SMILES string of the molecule is CC(CS(C)=O)Nc1ccc(N)cc1Cl. The van der Waals surface area contributed by atoms with Gasteiger partial charge in [-0.2, -0.15) is 0 Å². The Hall–Kier alpha value is -0.740. The van der Waals surface area contributed by atoms with E-state index in [0.717, 1.165) is 5.69 Å². The molecule has 0 aliphatic heterocycles. The lowest BCUT2D eigenvalue weighted by Gasteiger charge is -2.15. The topological polar surface area (TPSA) is 55.1 Å². The quantitative estimate of drug-likeness (QED) is 0.800. The third-order valence-electron chi connectivity index (χ3n) is 1.88. The fourth-order valence-electron chi connectivity index (χ4n) is 1.31. The van der Waals surface area contributed by atoms with Gasteiger partial charge in [0.25, 0.3) is 0 Å². The van der Waals surface area contributed by atoms with E-state index in [2.05, 4.69) is 5.32 Å². The second-order valence-corrected chi connectivity index (χ2v) is 5.41. The molecule has 3 N–H and O–H groups in total. The molecule has 2 atom stereocenters. The van der Waals surface area contributed by atoms with Gasteiger partial charge >= 0.3 is 0 Å². The fourth-order valence-corrected chi connectivity index (χ4v) is 2.34. The number of nitrogen functional groups attached to an aromatic ring is 1. The van der Waals surface area contributed by atoms with Crippen LogP contribution in [0.4, 0.5) is 11.4 Å². The minimum absolute atomic E-state index is 0.122. The summed E-state index contributed by atoms with van der Waals surface area (Å²) in [5.41, 5.74) is 7.04. The summed E-state index contributed by atoms with van der Waals surface area (Å²) in [4.78, 5) is 0. The number of nitrogens with two attached hydrogens (primary N) is 1. The van der Waals surface area contributed by atoms with Gasteiger partial charge in [-0.3, -0.25) is 4.21 Å². The molecule has 0 saturated carbocycles. The van der Waals surface area contributed by atoms with Gasteiger partial charge in [-0.1, -0.05) is 11.6 Å². The zero-order chi connectivity index (χ0) is 11.4. The first kappa shape index (κ1) is 12.3. The maximum atomic E-state index is 11.0. The summed E-state index contributed by atoms with van der Waals surface area (Å²) < 4.78 is 11.0. The summed E-state index contributed by atoms with van der Waals surface area (Å²) in [6.07, 6.45) is 1.68. The fraction of sp³-hybridized carbons (Fsp3) is 0.400. The van der Waals surface area contributed by atoms with Crippen molar-refractivity contribution in [3.63, 3.8) is 0 Å². The summed E-state index contributed by atoms with van der Waals surface area (Å²) in [5, 5.41) is 3.77. The zero-order valence-electron chi connectivity index (χ0n) is 8.79. The zero-order valence-corrected chi connectivity index (χ0v) is 10.4. The molecular weight excluding hydrogens is 232 g/mol. The summed E-state index contributed by atoms with van der Waals surface area (Å²) in [6, 6.07) is 5.42. The minimum Gasteiger partial charge on any atom is -0.399 e. The molecule has 0 aliphatic carbocycles. The van der Waals surface area contributed by atoms with Crippen LogP contribution in [0.1, 0.15) is 6.92 Å². The van der Waals surface area contributed by atoms with E-state index in [1.807, 2.05) is 13.0 Å². The first-order valence-electron chi connectivity index (χ1n) is 4.60. The Morgan fingerprint density at radius 1 is 1.60 bits per heavy atom. The van der Waals surface area contributed by atoms with Gasteiger partial charge in [-0.05, 0) is 25.1 Å². The summed E-state index contributed by atoms with van der Waals surface area (Å²) in [6.45, 7) is 1.97. The molecule has 0 amide bonds. The summed E-state index contributed by atoms with van der Waals surface area (Å²) in [5.74, 6) is 0.598. The molecule has 0 aromatic heterocycles. The van der Waals surface area contributed by atoms with E-state index in [0.29, 0.717) is 16.5 Å². The molecule has 1 aromatic rings. The number of halogens is 1. The predicted octanol–water partition coefficient (Wildman–Crippen LogP) is 2.10. The Bertz CT molecular complexity index is 370. The van der Waals surface area contributed by atoms with Crippen molar-refractivity contribution in [2.75, 3.05) is 23.1 Å². The largest absolute Gasteiger partial charge is 0.399 e. The molecule has 3 nitrogen and oxygen atoms in total. The maximum absolute atomic E-state index is 11.0. The number of hydrogen-bond donors (Lipinski definition) is 2. The van der Waals surface area contributed by atoms with Crippen molar-refractivity contribution in [2.24, 2.45) is 0 Å². The number of anilines is 2. The Balaban J connectivity index is 2.68. The van der Waals surface area contributed by atoms with E-state index in [-0.39, 0.29) is 6.04 Å². The number of hydrogen-bond acceptors (Lipinski definition) is 3. The monoisotopic (exact) mass is 246 g/mol. The molecule has 2 unspecified atom stereocenters. The maximum Gasteiger partial charge on any atom is 0.0658 e. The van der Waals surface area contributed by atoms with Crippen molar-refractivity contribution < 1.29 is 4.21 Å². The standard InChI is InChI=1S/C10H15ClN2OS/c1-7(6-15(2)14)13-10-4-3-8(12)5-9(10)11/h3-5,7,13H,6,12H2,1-2H3. The van der Waals surface area contributed by atoms with E-state index < -0.39 is 10.8 Å². The predicted molar refractivity (Wildman–Crippen MR) is 67.9 cm³/mol. The highest BCUT2D eigenvalue weighted by Crippen LogP contribution is 2.24. The molecule has 0 heterocycles. The Labute approximate surface area is 97.5 Å². The van der Waals surface area contributed by atoms with Crippen molar-refractivity contribution in [3.05, 3.63) is 23.2 Å². The smallest absolute Gasteiger partial charge is 0.0658 e. The number of nitrogens with one attached hydrogen (secondary N) is 1. The van der Waals surface area contributed by atoms with E-state index in [1.165, 1.54) is 0 Å². The Kier molecular flexibility index (Phi) is 4.42. The van der Waals surface area contributed by atoms with E-state index in [1.54, 1.807) is 18.4 Å². The van der Waals surface area contributed by atoms with Gasteiger partial charge < -0.3 is 11.1 Å². The van der Waals surface area contributed by atoms with Crippen molar-refractivity contribution in [1.29, 1.82) is 0 Å². The summed E-state index contributed by atoms with van der Waals surface area (Å²) in [7, 11) is -0.811. The van der Waals surface area contributed by atoms with E-state index in [9.17, 15) is 4.21 Å². The van der Waals surface area contributed by atoms with Crippen LogP contribution in [0.25, 0.3) is 0 Å². The normalized spacial score (nSPS) is 14.6. The molecule has 84 valence electrons. The van der Waals surface area contributed by atoms with Gasteiger partial charge in [-0.25, -0.2) is 0 Å². The van der Waals surface area contributed by atoms with Crippen LogP contribution in [0.5, 0.6) is 0 Å². The molecule has 1 aromatic carbocycles. The van der Waals surface area contributed by atoms with Gasteiger partial charge in [0.2, 0.25) is 0 Å². The lowest BCUT2D eigenvalue weighted by atomic mass is 10.2. The number of rotatable bonds is 4. The van der Waals surface area contributed by atoms with Crippen LogP contribution in [-0.2, 0) is 10.8 Å². The third kappa shape index (κ3) is 4.10. The molecule has 0 fully saturated rings. The van der Waals surface area contributed by atoms with Crippen LogP contribution >= 0.6 is 11.6 Å². The van der Waals surface area contributed by atoms with E-state index in [4.69, 9.17) is 17.3 Å². The highest BCUT2D eigenvalue weighted by molar-refractivity contribution is 7.84.